The smallest absolute Gasteiger partial charge is 0.0975 e. The first-order chi connectivity index (χ1) is 12.6. The van der Waals surface area contributed by atoms with E-state index < -0.39 is 20.1 Å². The Morgan fingerprint density at radius 2 is 1.11 bits per heavy atom. The van der Waals surface area contributed by atoms with Crippen LogP contribution in [0.2, 0.25) is 0 Å². The molecule has 0 aliphatic heterocycles. The van der Waals surface area contributed by atoms with Crippen LogP contribution in [0.25, 0.3) is 32.6 Å². The van der Waals surface area contributed by atoms with Gasteiger partial charge in [0.2, 0.25) is 0 Å². The second kappa shape index (κ2) is 6.11. The summed E-state index contributed by atoms with van der Waals surface area (Å²) in [5.41, 5.74) is 3.02. The molecular formula is C23H28N2S2. The van der Waals surface area contributed by atoms with Crippen LogP contribution in [0.5, 0.6) is 0 Å². The van der Waals surface area contributed by atoms with Crippen LogP contribution in [0.3, 0.4) is 0 Å². The normalized spacial score (nSPS) is 14.2. The molecule has 0 fully saturated rings. The van der Waals surface area contributed by atoms with Crippen molar-refractivity contribution in [3.8, 4) is 0 Å². The first kappa shape index (κ1) is 18.6. The second-order valence-corrected chi connectivity index (χ2v) is 17.1. The Bertz CT molecular complexity index is 1200. The maximum atomic E-state index is 4.92. The molecular weight excluding hydrogens is 368 g/mol. The van der Waals surface area contributed by atoms with Crippen LogP contribution in [-0.2, 0) is 0 Å². The van der Waals surface area contributed by atoms with E-state index in [1.54, 1.807) is 0 Å². The van der Waals surface area contributed by atoms with E-state index in [1.807, 2.05) is 13.1 Å². The quantitative estimate of drug-likeness (QED) is 0.369. The molecule has 0 N–H and O–H groups in total. The largest absolute Gasteiger partial charge is 0.252 e. The topological polar surface area (TPSA) is 25.8 Å². The molecule has 0 aliphatic carbocycles. The number of aryl methyl sites for hydroxylation is 1. The second-order valence-electron chi connectivity index (χ2n) is 8.80. The van der Waals surface area contributed by atoms with E-state index in [0.29, 0.717) is 0 Å². The van der Waals surface area contributed by atoms with E-state index in [1.165, 1.54) is 31.3 Å². The van der Waals surface area contributed by atoms with Gasteiger partial charge in [0, 0.05) is 17.0 Å². The van der Waals surface area contributed by atoms with Gasteiger partial charge in [0.05, 0.1) is 16.7 Å². The SMILES string of the molecule is Cc1cnc2c3cc(S(C)(C)C)ccc3c3ccc(S(C)(C)C)cc3c2n1. The van der Waals surface area contributed by atoms with Crippen LogP contribution in [0, 0.1) is 6.92 Å². The first-order valence-corrected chi connectivity index (χ1v) is 14.8. The minimum Gasteiger partial charge on any atom is -0.252 e. The zero-order valence-corrected chi connectivity index (χ0v) is 18.9. The number of rotatable bonds is 2. The van der Waals surface area contributed by atoms with E-state index >= 15 is 0 Å². The highest BCUT2D eigenvalue weighted by atomic mass is 32.3. The first-order valence-electron chi connectivity index (χ1n) is 9.05. The van der Waals surface area contributed by atoms with Gasteiger partial charge >= 0.3 is 0 Å². The Morgan fingerprint density at radius 1 is 0.630 bits per heavy atom. The summed E-state index contributed by atoms with van der Waals surface area (Å²) >= 11 is 0. The highest BCUT2D eigenvalue weighted by molar-refractivity contribution is 8.32. The Morgan fingerprint density at radius 3 is 1.59 bits per heavy atom. The van der Waals surface area contributed by atoms with Gasteiger partial charge in [0.25, 0.3) is 0 Å². The van der Waals surface area contributed by atoms with Crippen LogP contribution in [0.4, 0.5) is 0 Å². The third-order valence-corrected chi connectivity index (χ3v) is 8.43. The number of hydrogen-bond donors (Lipinski definition) is 0. The Balaban J connectivity index is 2.21. The van der Waals surface area contributed by atoms with Crippen LogP contribution in [0.1, 0.15) is 5.69 Å². The number of benzene rings is 3. The lowest BCUT2D eigenvalue weighted by molar-refractivity contribution is 1.19. The molecule has 27 heavy (non-hydrogen) atoms. The lowest BCUT2D eigenvalue weighted by atomic mass is 9.99. The standard InChI is InChI=1S/C23H28N2S2/c1-15-14-24-22-20-12-16(26(2,3)4)8-10-18(20)19-11-9-17(27(5,6)7)13-21(19)23(22)25-15/h8-14H,1-7H3. The Labute approximate surface area is 165 Å². The van der Waals surface area contributed by atoms with Crippen LogP contribution < -0.4 is 0 Å². The van der Waals surface area contributed by atoms with Crippen molar-refractivity contribution in [3.63, 3.8) is 0 Å². The molecule has 0 saturated heterocycles. The van der Waals surface area contributed by atoms with Crippen molar-refractivity contribution in [1.82, 2.24) is 9.97 Å². The zero-order chi connectivity index (χ0) is 19.6. The average molecular weight is 397 g/mol. The maximum Gasteiger partial charge on any atom is 0.0975 e. The van der Waals surface area contributed by atoms with Crippen LogP contribution >= 0.6 is 20.1 Å². The van der Waals surface area contributed by atoms with Gasteiger partial charge in [0.1, 0.15) is 0 Å². The maximum absolute atomic E-state index is 4.92. The van der Waals surface area contributed by atoms with Gasteiger partial charge in [0.15, 0.2) is 0 Å². The summed E-state index contributed by atoms with van der Waals surface area (Å²) < 4.78 is 0. The third-order valence-electron chi connectivity index (χ3n) is 5.09. The molecule has 4 aromatic rings. The number of hydrogen-bond acceptors (Lipinski definition) is 2. The highest BCUT2D eigenvalue weighted by Crippen LogP contribution is 2.49. The minimum absolute atomic E-state index is 0.795. The van der Waals surface area contributed by atoms with Gasteiger partial charge in [-0.05, 0) is 89.3 Å². The van der Waals surface area contributed by atoms with E-state index in [0.717, 1.165) is 16.7 Å². The van der Waals surface area contributed by atoms with Crippen molar-refractivity contribution in [2.75, 3.05) is 37.5 Å². The lowest BCUT2D eigenvalue weighted by Gasteiger charge is -2.27. The van der Waals surface area contributed by atoms with Gasteiger partial charge in [-0.1, -0.05) is 12.1 Å². The van der Waals surface area contributed by atoms with Gasteiger partial charge < -0.3 is 0 Å². The molecule has 1 aromatic heterocycles. The van der Waals surface area contributed by atoms with Crippen molar-refractivity contribution >= 4 is 52.6 Å². The van der Waals surface area contributed by atoms with Gasteiger partial charge in [-0.2, -0.15) is 0 Å². The summed E-state index contributed by atoms with van der Waals surface area (Å²) in [4.78, 5) is 12.6. The fourth-order valence-electron chi connectivity index (χ4n) is 3.53. The van der Waals surface area contributed by atoms with Crippen LogP contribution in [-0.4, -0.2) is 47.5 Å². The molecule has 0 amide bonds. The molecule has 0 saturated carbocycles. The molecule has 142 valence electrons. The molecule has 0 bridgehead atoms. The highest BCUT2D eigenvalue weighted by Gasteiger charge is 2.16. The zero-order valence-electron chi connectivity index (χ0n) is 17.3. The molecule has 0 aliphatic rings. The van der Waals surface area contributed by atoms with Crippen molar-refractivity contribution in [2.24, 2.45) is 0 Å². The van der Waals surface area contributed by atoms with Gasteiger partial charge in [-0.25, -0.2) is 25.0 Å². The van der Waals surface area contributed by atoms with Crippen molar-refractivity contribution < 1.29 is 0 Å². The molecule has 3 aromatic carbocycles. The predicted molar refractivity (Wildman–Crippen MR) is 127 cm³/mol. The summed E-state index contributed by atoms with van der Waals surface area (Å²) in [7, 11) is -1.59. The molecule has 2 nitrogen and oxygen atoms in total. The van der Waals surface area contributed by atoms with E-state index in [2.05, 4.69) is 73.9 Å². The lowest BCUT2D eigenvalue weighted by Crippen LogP contribution is -1.97. The monoisotopic (exact) mass is 396 g/mol. The van der Waals surface area contributed by atoms with E-state index in [4.69, 9.17) is 9.97 Å². The van der Waals surface area contributed by atoms with Gasteiger partial charge in [-0.3, -0.25) is 4.98 Å². The van der Waals surface area contributed by atoms with Crippen molar-refractivity contribution in [2.45, 2.75) is 16.7 Å². The summed E-state index contributed by atoms with van der Waals surface area (Å²) in [6.07, 6.45) is 15.9. The fraction of sp³-hybridized carbons (Fsp3) is 0.304. The minimum atomic E-state index is -0.797. The molecule has 0 atom stereocenters. The Kier molecular flexibility index (Phi) is 4.21. The predicted octanol–water partition coefficient (Wildman–Crippen LogP) is 6.35. The average Bonchev–Trinajstić information content (AvgIpc) is 2.59. The molecule has 0 radical (unpaired) electrons. The molecule has 0 unspecified atom stereocenters. The molecule has 1 heterocycles. The number of aromatic nitrogens is 2. The molecule has 4 heteroatoms. The summed E-state index contributed by atoms with van der Waals surface area (Å²) in [6, 6.07) is 13.9. The summed E-state index contributed by atoms with van der Waals surface area (Å²) in [6.45, 7) is 2.02. The van der Waals surface area contributed by atoms with E-state index in [-0.39, 0.29) is 0 Å². The van der Waals surface area contributed by atoms with E-state index in [9.17, 15) is 0 Å². The summed E-state index contributed by atoms with van der Waals surface area (Å²) in [5, 5.41) is 5.00. The number of nitrogens with zero attached hydrogens (tertiary/aromatic N) is 2. The Hall–Kier alpha value is -1.78. The van der Waals surface area contributed by atoms with Gasteiger partial charge in [-0.15, -0.1) is 0 Å². The molecule has 4 rings (SSSR count). The fourth-order valence-corrected chi connectivity index (χ4v) is 5.43. The summed E-state index contributed by atoms with van der Waals surface area (Å²) in [5.74, 6) is 0. The van der Waals surface area contributed by atoms with Crippen molar-refractivity contribution in [3.05, 3.63) is 48.3 Å². The van der Waals surface area contributed by atoms with Crippen molar-refractivity contribution in [1.29, 1.82) is 0 Å². The number of fused-ring (bicyclic) bond motifs is 6. The van der Waals surface area contributed by atoms with Crippen LogP contribution in [0.15, 0.2) is 52.4 Å². The molecule has 0 spiro atoms. The third kappa shape index (κ3) is 3.19.